The van der Waals surface area contributed by atoms with Crippen LogP contribution in [0.5, 0.6) is 0 Å². The van der Waals surface area contributed by atoms with E-state index in [4.69, 9.17) is 14.3 Å². The molecule has 0 aliphatic heterocycles. The van der Waals surface area contributed by atoms with Crippen LogP contribution in [0.25, 0.3) is 28.1 Å². The summed E-state index contributed by atoms with van der Waals surface area (Å²) >= 11 is 0. The Kier molecular flexibility index (Phi) is 4.49. The molecule has 1 aromatic carbocycles. The Balaban J connectivity index is 1.41. The van der Waals surface area contributed by atoms with Crippen molar-refractivity contribution in [3.05, 3.63) is 60.1 Å². The topological polar surface area (TPSA) is 141 Å². The Labute approximate surface area is 176 Å². The third-order valence-electron chi connectivity index (χ3n) is 4.86. The number of fused-ring (bicyclic) bond motifs is 3. The van der Waals surface area contributed by atoms with Crippen molar-refractivity contribution in [2.24, 2.45) is 0 Å². The van der Waals surface area contributed by atoms with Gasteiger partial charge in [0.25, 0.3) is 10.1 Å². The number of rotatable bonds is 6. The van der Waals surface area contributed by atoms with Gasteiger partial charge in [0.2, 0.25) is 11.8 Å². The molecule has 3 N–H and O–H groups in total. The highest BCUT2D eigenvalue weighted by Gasteiger charge is 2.19. The normalized spacial score (nSPS) is 12.2. The lowest BCUT2D eigenvalue weighted by atomic mass is 10.2. The number of hydrogen-bond acceptors (Lipinski definition) is 8. The fourth-order valence-electron chi connectivity index (χ4n) is 3.29. The maximum Gasteiger partial charge on any atom is 0.296 e. The van der Waals surface area contributed by atoms with Gasteiger partial charge in [-0.3, -0.25) is 4.18 Å². The van der Waals surface area contributed by atoms with Crippen LogP contribution in [-0.2, 0) is 20.7 Å². The van der Waals surface area contributed by atoms with Crippen LogP contribution in [-0.4, -0.2) is 39.6 Å². The number of aryl methyl sites for hydroxylation is 1. The van der Waals surface area contributed by atoms with Crippen LogP contribution in [0.1, 0.15) is 11.3 Å². The van der Waals surface area contributed by atoms with Crippen molar-refractivity contribution in [2.45, 2.75) is 18.2 Å². The lowest BCUT2D eigenvalue weighted by Crippen LogP contribution is -2.10. The Hall–Kier alpha value is -3.70. The average Bonchev–Trinajstić information content (AvgIpc) is 3.48. The van der Waals surface area contributed by atoms with Crippen molar-refractivity contribution in [3.63, 3.8) is 0 Å². The molecular weight excluding hydrogens is 420 g/mol. The Morgan fingerprint density at radius 1 is 1.19 bits per heavy atom. The van der Waals surface area contributed by atoms with Crippen molar-refractivity contribution in [3.8, 4) is 11.6 Å². The first kappa shape index (κ1) is 19.3. The van der Waals surface area contributed by atoms with Crippen LogP contribution in [0, 0.1) is 6.92 Å². The van der Waals surface area contributed by atoms with Gasteiger partial charge in [-0.05, 0) is 31.2 Å². The number of furan rings is 1. The molecule has 0 spiro atoms. The number of nitrogens with one attached hydrogen (secondary N) is 1. The van der Waals surface area contributed by atoms with E-state index in [-0.39, 0.29) is 23.9 Å². The molecule has 11 heteroatoms. The number of aromatic nitrogens is 5. The van der Waals surface area contributed by atoms with E-state index in [1.807, 2.05) is 6.92 Å². The number of nitrogens with two attached hydrogens (primary N) is 1. The van der Waals surface area contributed by atoms with Crippen LogP contribution in [0.15, 0.2) is 58.2 Å². The zero-order valence-electron chi connectivity index (χ0n) is 16.4. The fourth-order valence-corrected chi connectivity index (χ4v) is 4.20. The first-order valence-electron chi connectivity index (χ1n) is 9.44. The molecule has 158 valence electrons. The van der Waals surface area contributed by atoms with Gasteiger partial charge in [-0.15, -0.1) is 5.10 Å². The second-order valence-corrected chi connectivity index (χ2v) is 8.60. The van der Waals surface area contributed by atoms with E-state index in [9.17, 15) is 8.42 Å². The summed E-state index contributed by atoms with van der Waals surface area (Å²) in [6, 6.07) is 10.00. The molecule has 0 atom stereocenters. The highest BCUT2D eigenvalue weighted by atomic mass is 32.2. The van der Waals surface area contributed by atoms with Gasteiger partial charge in [-0.1, -0.05) is 17.7 Å². The predicted molar refractivity (Wildman–Crippen MR) is 113 cm³/mol. The first-order chi connectivity index (χ1) is 14.9. The summed E-state index contributed by atoms with van der Waals surface area (Å²) in [5, 5.41) is 5.06. The highest BCUT2D eigenvalue weighted by molar-refractivity contribution is 7.86. The second-order valence-electron chi connectivity index (χ2n) is 6.99. The Bertz CT molecular complexity index is 1480. The molecule has 5 rings (SSSR count). The molecule has 0 aliphatic rings. The lowest BCUT2D eigenvalue weighted by molar-refractivity contribution is 0.321. The van der Waals surface area contributed by atoms with Gasteiger partial charge in [-0.2, -0.15) is 12.9 Å². The van der Waals surface area contributed by atoms with Crippen molar-refractivity contribution < 1.29 is 17.0 Å². The lowest BCUT2D eigenvalue weighted by Gasteiger charge is -2.06. The van der Waals surface area contributed by atoms with Crippen molar-refractivity contribution >= 4 is 32.6 Å². The molecule has 10 nitrogen and oxygen atoms in total. The van der Waals surface area contributed by atoms with Gasteiger partial charge >= 0.3 is 0 Å². The van der Waals surface area contributed by atoms with E-state index >= 15 is 0 Å². The molecule has 4 aromatic heterocycles. The van der Waals surface area contributed by atoms with E-state index in [0.29, 0.717) is 33.8 Å². The van der Waals surface area contributed by atoms with Gasteiger partial charge in [0.05, 0.1) is 28.7 Å². The summed E-state index contributed by atoms with van der Waals surface area (Å²) in [4.78, 5) is 12.2. The van der Waals surface area contributed by atoms with E-state index < -0.39 is 10.1 Å². The van der Waals surface area contributed by atoms with Gasteiger partial charge in [0, 0.05) is 18.3 Å². The molecule has 0 saturated heterocycles. The summed E-state index contributed by atoms with van der Waals surface area (Å²) in [5.41, 5.74) is 8.84. The first-order valence-corrected chi connectivity index (χ1v) is 10.9. The molecule has 0 fully saturated rings. The smallest absolute Gasteiger partial charge is 0.296 e. The van der Waals surface area contributed by atoms with Crippen LogP contribution in [0.4, 0.5) is 5.95 Å². The summed E-state index contributed by atoms with van der Waals surface area (Å²) in [6.45, 7) is 1.83. The Morgan fingerprint density at radius 2 is 2.00 bits per heavy atom. The minimum absolute atomic E-state index is 0.0527. The molecule has 0 bridgehead atoms. The molecule has 0 aliphatic carbocycles. The maximum absolute atomic E-state index is 12.4. The molecule has 0 amide bonds. The maximum atomic E-state index is 12.4. The standard InChI is InChI=1S/C20H18N6O4S/c1-12-4-6-13(7-5-12)31(27,28)30-10-8-15-17-14(11-22-15)19-24-18(16-3-2-9-29-16)25-26(19)20(21)23-17/h2-7,9,11,22H,8,10H2,1H3,(H2,21,23). The summed E-state index contributed by atoms with van der Waals surface area (Å²) in [7, 11) is -3.84. The largest absolute Gasteiger partial charge is 0.461 e. The van der Waals surface area contributed by atoms with Crippen molar-refractivity contribution in [2.75, 3.05) is 12.3 Å². The van der Waals surface area contributed by atoms with E-state index in [1.165, 1.54) is 22.9 Å². The number of benzene rings is 1. The quantitative estimate of drug-likeness (QED) is 0.385. The third kappa shape index (κ3) is 3.43. The highest BCUT2D eigenvalue weighted by Crippen LogP contribution is 2.26. The third-order valence-corrected chi connectivity index (χ3v) is 6.19. The summed E-state index contributed by atoms with van der Waals surface area (Å²) in [5.74, 6) is 1.06. The van der Waals surface area contributed by atoms with Gasteiger partial charge in [0.1, 0.15) is 0 Å². The summed E-state index contributed by atoms with van der Waals surface area (Å²) < 4.78 is 36.8. The SMILES string of the molecule is Cc1ccc(S(=O)(=O)OCCc2[nH]cc3c2nc(N)n2nc(-c4ccco4)nc32)cc1. The molecule has 0 unspecified atom stereocenters. The van der Waals surface area contributed by atoms with Crippen LogP contribution >= 0.6 is 0 Å². The molecule has 5 aromatic rings. The zero-order valence-corrected chi connectivity index (χ0v) is 17.3. The van der Waals surface area contributed by atoms with Gasteiger partial charge < -0.3 is 15.1 Å². The van der Waals surface area contributed by atoms with Gasteiger partial charge in [-0.25, -0.2) is 9.97 Å². The minimum Gasteiger partial charge on any atom is -0.461 e. The number of nitrogen functional groups attached to an aromatic ring is 1. The second kappa shape index (κ2) is 7.22. The van der Waals surface area contributed by atoms with Crippen molar-refractivity contribution in [1.82, 2.24) is 24.6 Å². The Morgan fingerprint density at radius 3 is 2.74 bits per heavy atom. The number of anilines is 1. The van der Waals surface area contributed by atoms with Gasteiger partial charge in [0.15, 0.2) is 11.4 Å². The molecule has 4 heterocycles. The van der Waals surface area contributed by atoms with E-state index in [2.05, 4.69) is 20.1 Å². The minimum atomic E-state index is -3.84. The number of aromatic amines is 1. The fraction of sp³-hybridized carbons (Fsp3) is 0.150. The average molecular weight is 438 g/mol. The molecular formula is C20H18N6O4S. The number of H-pyrrole nitrogens is 1. The zero-order chi connectivity index (χ0) is 21.6. The summed E-state index contributed by atoms with van der Waals surface area (Å²) in [6.07, 6.45) is 3.56. The monoisotopic (exact) mass is 438 g/mol. The number of nitrogens with zero attached hydrogens (tertiary/aromatic N) is 4. The van der Waals surface area contributed by atoms with Crippen LogP contribution in [0.2, 0.25) is 0 Å². The number of hydrogen-bond donors (Lipinski definition) is 2. The van der Waals surface area contributed by atoms with E-state index in [0.717, 1.165) is 5.56 Å². The molecule has 0 saturated carbocycles. The molecule has 0 radical (unpaired) electrons. The van der Waals surface area contributed by atoms with Crippen LogP contribution in [0.3, 0.4) is 0 Å². The predicted octanol–water partition coefficient (Wildman–Crippen LogP) is 2.70. The van der Waals surface area contributed by atoms with Crippen molar-refractivity contribution in [1.29, 1.82) is 0 Å². The molecule has 31 heavy (non-hydrogen) atoms. The van der Waals surface area contributed by atoms with E-state index in [1.54, 1.807) is 30.5 Å². The van der Waals surface area contributed by atoms with Crippen LogP contribution < -0.4 is 5.73 Å².